The second kappa shape index (κ2) is 46.1. The number of imide groups is 1. The number of nitrogens with two attached hydrogens (primary N) is 1. The van der Waals surface area contributed by atoms with Crippen molar-refractivity contribution < 1.29 is 96.0 Å². The van der Waals surface area contributed by atoms with Gasteiger partial charge in [0.05, 0.1) is 63.7 Å². The Balaban J connectivity index is 0.000000209. The fourth-order valence-corrected chi connectivity index (χ4v) is 19.2. The summed E-state index contributed by atoms with van der Waals surface area (Å²) >= 11 is 0. The molecule has 9 aromatic carbocycles. The van der Waals surface area contributed by atoms with Crippen molar-refractivity contribution in [2.24, 2.45) is 5.73 Å². The molecule has 11 rings (SSSR count). The maximum absolute atomic E-state index is 13.2. The number of Topliss-reactive ketones (excluding diaryl/α,β-unsaturated/α-hetero) is 3. The SMILES string of the molecule is COC(=O)c1ccc(C(=O)CCCN)cc1P(c1ccccc1)c1ccccc1.COC(=O)c1ccc(C(=O)CCCNC(=O)CCC(=O)O)cc1P(c1ccccc1)c1ccccc1.COC(=O)c1ccc(C(=O)CCCNC(=O)CCC(=O)ON2C(=O)CCC2=O)cc1P(c1ccccc1)c1ccccc1.O=C1CCC(=O)O1. The first-order chi connectivity index (χ1) is 55.6. The summed E-state index contributed by atoms with van der Waals surface area (Å²) in [6.45, 7) is 0.953. The molecule has 0 aromatic heterocycles. The normalized spacial score (nSPS) is 12.0. The molecule has 0 radical (unpaired) electrons. The third-order valence-electron chi connectivity index (χ3n) is 17.5. The van der Waals surface area contributed by atoms with Crippen LogP contribution in [0.5, 0.6) is 0 Å². The Bertz CT molecular complexity index is 4760. The molecule has 4 amide bonds. The summed E-state index contributed by atoms with van der Waals surface area (Å²) in [5, 5.41) is 23.0. The van der Waals surface area contributed by atoms with E-state index < -0.39 is 83.3 Å². The number of nitrogens with one attached hydrogen (secondary N) is 2. The summed E-state index contributed by atoms with van der Waals surface area (Å²) in [7, 11) is 0.683. The Kier molecular flexibility index (Phi) is 35.4. The zero-order chi connectivity index (χ0) is 82.6. The first kappa shape index (κ1) is 88.4. The van der Waals surface area contributed by atoms with Crippen LogP contribution in [0.1, 0.15) is 152 Å². The van der Waals surface area contributed by atoms with Crippen LogP contribution in [0.25, 0.3) is 0 Å². The smallest absolute Gasteiger partial charge is 0.338 e. The quantitative estimate of drug-likeness (QED) is 0.00567. The Morgan fingerprint density at radius 2 is 0.670 bits per heavy atom. The minimum absolute atomic E-state index is 0.0103. The van der Waals surface area contributed by atoms with Crippen LogP contribution in [-0.4, -0.2) is 134 Å². The summed E-state index contributed by atoms with van der Waals surface area (Å²) in [5.41, 5.74) is 8.38. The molecule has 2 aliphatic rings. The lowest BCUT2D eigenvalue weighted by atomic mass is 10.0. The molecule has 115 heavy (non-hydrogen) atoms. The number of benzene rings is 9. The van der Waals surface area contributed by atoms with E-state index in [2.05, 4.69) is 39.6 Å². The highest BCUT2D eigenvalue weighted by molar-refractivity contribution is 7.80. The fourth-order valence-electron chi connectivity index (χ4n) is 11.8. The summed E-state index contributed by atoms with van der Waals surface area (Å²) in [4.78, 5) is 171. The number of hydroxylamine groups is 2. The van der Waals surface area contributed by atoms with Gasteiger partial charge in [-0.25, -0.2) is 19.2 Å². The Labute approximate surface area is 669 Å². The second-order valence-electron chi connectivity index (χ2n) is 25.5. The van der Waals surface area contributed by atoms with Crippen LogP contribution in [-0.2, 0) is 62.1 Å². The van der Waals surface area contributed by atoms with Gasteiger partial charge in [0.1, 0.15) is 0 Å². The average molecular weight is 1610 g/mol. The van der Waals surface area contributed by atoms with E-state index in [0.717, 1.165) is 42.4 Å². The van der Waals surface area contributed by atoms with Gasteiger partial charge in [-0.05, 0) is 118 Å². The van der Waals surface area contributed by atoms with Crippen LogP contribution in [0.4, 0.5) is 0 Å². The molecule has 2 aliphatic heterocycles. The maximum atomic E-state index is 13.2. The third kappa shape index (κ3) is 26.7. The number of amides is 4. The molecule has 2 fully saturated rings. The molecule has 0 aliphatic carbocycles. The van der Waals surface area contributed by atoms with Gasteiger partial charge in [0.15, 0.2) is 17.3 Å². The minimum Gasteiger partial charge on any atom is -0.481 e. The van der Waals surface area contributed by atoms with E-state index >= 15 is 0 Å². The first-order valence-electron chi connectivity index (χ1n) is 36.9. The lowest BCUT2D eigenvalue weighted by Gasteiger charge is -2.22. The topological polar surface area (TPSA) is 359 Å². The zero-order valence-corrected chi connectivity index (χ0v) is 66.3. The van der Waals surface area contributed by atoms with Crippen LogP contribution in [0.15, 0.2) is 237 Å². The molecule has 9 aromatic rings. The van der Waals surface area contributed by atoms with Gasteiger partial charge in [0.2, 0.25) is 11.8 Å². The van der Waals surface area contributed by atoms with E-state index in [9.17, 15) is 67.1 Å². The van der Waals surface area contributed by atoms with E-state index in [1.807, 2.05) is 164 Å². The number of ether oxygens (including phenoxy) is 4. The lowest BCUT2D eigenvalue weighted by molar-refractivity contribution is -0.197. The molecule has 0 spiro atoms. The molecule has 27 heteroatoms. The van der Waals surface area contributed by atoms with Gasteiger partial charge < -0.3 is 45.3 Å². The van der Waals surface area contributed by atoms with Crippen molar-refractivity contribution in [1.29, 1.82) is 0 Å². The molecule has 5 N–H and O–H groups in total. The van der Waals surface area contributed by atoms with Crippen molar-refractivity contribution in [1.82, 2.24) is 15.7 Å². The first-order valence-corrected chi connectivity index (χ1v) is 40.9. The van der Waals surface area contributed by atoms with E-state index in [1.54, 1.807) is 48.5 Å². The average Bonchev–Trinajstić information content (AvgIpc) is 1.64. The minimum atomic E-state index is -1.18. The number of carboxylic acid groups (broad SMARTS) is 1. The number of carboxylic acids is 1. The lowest BCUT2D eigenvalue weighted by Crippen LogP contribution is -2.32. The number of aliphatic carboxylic acids is 1. The summed E-state index contributed by atoms with van der Waals surface area (Å²) in [5.74, 6) is -6.22. The summed E-state index contributed by atoms with van der Waals surface area (Å²) in [6, 6.07) is 74.8. The van der Waals surface area contributed by atoms with Gasteiger partial charge in [0.25, 0.3) is 11.8 Å². The predicted molar refractivity (Wildman–Crippen MR) is 439 cm³/mol. The van der Waals surface area contributed by atoms with Crippen molar-refractivity contribution in [3.63, 3.8) is 0 Å². The van der Waals surface area contributed by atoms with E-state index in [1.165, 1.54) is 21.3 Å². The molecule has 0 bridgehead atoms. The zero-order valence-electron chi connectivity index (χ0n) is 63.6. The van der Waals surface area contributed by atoms with Crippen molar-refractivity contribution >= 4 is 154 Å². The molecule has 0 atom stereocenters. The number of cyclic esters (lactones) is 2. The van der Waals surface area contributed by atoms with Gasteiger partial charge in [-0.1, -0.05) is 200 Å². The molecular formula is C88H87N4O20P3. The number of rotatable bonds is 33. The molecule has 24 nitrogen and oxygen atoms in total. The molecule has 594 valence electrons. The monoisotopic (exact) mass is 1610 g/mol. The van der Waals surface area contributed by atoms with Gasteiger partial charge >= 0.3 is 41.8 Å². The number of ketones is 3. The summed E-state index contributed by atoms with van der Waals surface area (Å²) < 4.78 is 19.2. The summed E-state index contributed by atoms with van der Waals surface area (Å²) in [6.07, 6.45) is 1.83. The number of carbonyl (C=O) groups excluding carboxylic acids is 13. The highest BCUT2D eigenvalue weighted by Crippen LogP contribution is 2.38. The van der Waals surface area contributed by atoms with Crippen molar-refractivity contribution in [2.75, 3.05) is 41.0 Å². The second-order valence-corrected chi connectivity index (χ2v) is 32.1. The van der Waals surface area contributed by atoms with E-state index in [0.29, 0.717) is 76.0 Å². The van der Waals surface area contributed by atoms with Crippen molar-refractivity contribution in [2.45, 2.75) is 89.9 Å². The Hall–Kier alpha value is -12.2. The Morgan fingerprint density at radius 1 is 0.383 bits per heavy atom. The van der Waals surface area contributed by atoms with Crippen LogP contribution in [0.2, 0.25) is 0 Å². The van der Waals surface area contributed by atoms with Crippen molar-refractivity contribution in [3.05, 3.63) is 270 Å². The molecule has 2 saturated heterocycles. The highest BCUT2D eigenvalue weighted by atomic mass is 31.1. The number of methoxy groups -OCH3 is 3. The maximum Gasteiger partial charge on any atom is 0.338 e. The number of carbonyl (C=O) groups is 14. The number of hydrogen-bond acceptors (Lipinski definition) is 20. The van der Waals surface area contributed by atoms with Crippen LogP contribution in [0.3, 0.4) is 0 Å². The van der Waals surface area contributed by atoms with E-state index in [4.69, 9.17) is 29.9 Å². The van der Waals surface area contributed by atoms with Gasteiger partial charge in [0, 0.05) is 90.6 Å². The van der Waals surface area contributed by atoms with Crippen LogP contribution in [0, 0.1) is 0 Å². The van der Waals surface area contributed by atoms with Gasteiger partial charge in [-0.15, -0.1) is 5.06 Å². The molecule has 0 unspecified atom stereocenters. The van der Waals surface area contributed by atoms with Crippen LogP contribution >= 0.6 is 23.8 Å². The Morgan fingerprint density at radius 3 is 0.930 bits per heavy atom. The van der Waals surface area contributed by atoms with Gasteiger partial charge in [-0.3, -0.25) is 47.9 Å². The van der Waals surface area contributed by atoms with Crippen molar-refractivity contribution in [3.8, 4) is 0 Å². The molecule has 2 heterocycles. The fraction of sp³-hybridized carbons (Fsp3) is 0.227. The van der Waals surface area contributed by atoms with Gasteiger partial charge in [-0.2, -0.15) is 0 Å². The number of nitrogens with zero attached hydrogens (tertiary/aromatic N) is 1. The predicted octanol–water partition coefficient (Wildman–Crippen LogP) is 8.88. The number of esters is 5. The van der Waals surface area contributed by atoms with E-state index in [-0.39, 0.29) is 101 Å². The number of hydrogen-bond donors (Lipinski definition) is 4. The standard InChI is InChI=1S/C32H31N2O8P.C28H28NO6P.C24H24NO3P.C4H4O3/c1-41-32(40)25-15-14-22(21-27(25)43(23-9-4-2-5-10-23)24-11-6-3-7-12-24)26(35)13-8-20-33-28(36)16-19-31(39)42-34-29(37)17-18-30(34)38;1-35-28(34)23-15-14-20(24(30)13-8-18-29-26(31)16-17-27(32)33)19-25(23)36(21-9-4-2-5-10-21)22-11-6-3-7-12-22;1-28-24(27)21-15-14-18(22(26)13-8-16-25)17-23(21)29(19-9-4-2-5-10-19)20-11-6-3-7-12-20;5-3-1-2-4(6)7-3/h2-7,9-12,14-15,21H,8,13,16-20H2,1H3,(H,33,36);2-7,9-12,14-15,19H,8,13,16-18H2,1H3,(H,29,31)(H,32,33);2-7,9-12,14-15,17H,8,13,16,25H2,1H3;1-2H2. The molecular weight excluding hydrogens is 1530 g/mol. The molecule has 0 saturated carbocycles. The highest BCUT2D eigenvalue weighted by Gasteiger charge is 2.34. The largest absolute Gasteiger partial charge is 0.481 e. The van der Waals surface area contributed by atoms with Crippen LogP contribution < -0.4 is 64.1 Å². The third-order valence-corrected chi connectivity index (χ3v) is 24.9.